The number of benzene rings is 2. The molecule has 0 unspecified atom stereocenters. The van der Waals surface area contributed by atoms with Crippen molar-refractivity contribution in [3.63, 3.8) is 0 Å². The van der Waals surface area contributed by atoms with Gasteiger partial charge in [0.25, 0.3) is 0 Å². The summed E-state index contributed by atoms with van der Waals surface area (Å²) in [5.74, 6) is 0.881. The minimum absolute atomic E-state index is 0.0908. The van der Waals surface area contributed by atoms with Crippen LogP contribution in [0.3, 0.4) is 0 Å². The van der Waals surface area contributed by atoms with Crippen LogP contribution >= 0.6 is 0 Å². The van der Waals surface area contributed by atoms with Crippen LogP contribution < -0.4 is 0 Å². The SMILES string of the molecule is CN(Cc1cccc(O)c1)C[C@@H]1CCCN(CCc2ccccc2F)C1. The van der Waals surface area contributed by atoms with E-state index in [2.05, 4.69) is 22.9 Å². The first-order valence-electron chi connectivity index (χ1n) is 9.52. The third-order valence-electron chi connectivity index (χ3n) is 5.19. The van der Waals surface area contributed by atoms with Crippen molar-refractivity contribution in [3.8, 4) is 5.75 Å². The van der Waals surface area contributed by atoms with Crippen molar-refractivity contribution in [1.82, 2.24) is 9.80 Å². The molecule has 0 radical (unpaired) electrons. The smallest absolute Gasteiger partial charge is 0.126 e. The van der Waals surface area contributed by atoms with E-state index >= 15 is 0 Å². The molecule has 2 aromatic carbocycles. The molecule has 3 nitrogen and oxygen atoms in total. The highest BCUT2D eigenvalue weighted by atomic mass is 19.1. The van der Waals surface area contributed by atoms with E-state index < -0.39 is 0 Å². The fraction of sp³-hybridized carbons (Fsp3) is 0.455. The molecule has 2 aromatic rings. The third-order valence-corrected chi connectivity index (χ3v) is 5.19. The molecule has 1 N–H and O–H groups in total. The Balaban J connectivity index is 1.46. The zero-order valence-electron chi connectivity index (χ0n) is 15.6. The molecule has 1 atom stereocenters. The van der Waals surface area contributed by atoms with Crippen LogP contribution in [0.25, 0.3) is 0 Å². The second-order valence-electron chi connectivity index (χ2n) is 7.52. The van der Waals surface area contributed by atoms with Gasteiger partial charge in [0, 0.05) is 26.2 Å². The lowest BCUT2D eigenvalue weighted by atomic mass is 9.97. The average Bonchev–Trinajstić information content (AvgIpc) is 2.61. The van der Waals surface area contributed by atoms with Crippen LogP contribution in [-0.4, -0.2) is 48.1 Å². The molecule has 0 spiro atoms. The summed E-state index contributed by atoms with van der Waals surface area (Å²) in [5.41, 5.74) is 1.95. The quantitative estimate of drug-likeness (QED) is 0.815. The van der Waals surface area contributed by atoms with Crippen LogP contribution in [0.5, 0.6) is 5.75 Å². The van der Waals surface area contributed by atoms with Crippen molar-refractivity contribution in [1.29, 1.82) is 0 Å². The Morgan fingerprint density at radius 3 is 2.85 bits per heavy atom. The van der Waals surface area contributed by atoms with E-state index in [1.807, 2.05) is 24.3 Å². The predicted molar refractivity (Wildman–Crippen MR) is 104 cm³/mol. The van der Waals surface area contributed by atoms with Gasteiger partial charge in [-0.15, -0.1) is 0 Å². The topological polar surface area (TPSA) is 26.7 Å². The van der Waals surface area contributed by atoms with E-state index in [0.29, 0.717) is 11.7 Å². The van der Waals surface area contributed by atoms with E-state index in [4.69, 9.17) is 0 Å². The number of phenols is 1. The predicted octanol–water partition coefficient (Wildman–Crippen LogP) is 3.92. The molecular weight excluding hydrogens is 327 g/mol. The van der Waals surface area contributed by atoms with E-state index in [9.17, 15) is 9.50 Å². The first-order chi connectivity index (χ1) is 12.6. The fourth-order valence-electron chi connectivity index (χ4n) is 3.95. The van der Waals surface area contributed by atoms with E-state index in [1.165, 1.54) is 12.8 Å². The van der Waals surface area contributed by atoms with Gasteiger partial charge in [-0.1, -0.05) is 30.3 Å². The zero-order valence-corrected chi connectivity index (χ0v) is 15.6. The number of halogens is 1. The van der Waals surface area contributed by atoms with E-state index in [0.717, 1.165) is 50.3 Å². The molecule has 1 aliphatic heterocycles. The normalized spacial score (nSPS) is 18.3. The van der Waals surface area contributed by atoms with Crippen LogP contribution in [-0.2, 0) is 13.0 Å². The maximum Gasteiger partial charge on any atom is 0.126 e. The van der Waals surface area contributed by atoms with Crippen molar-refractivity contribution < 1.29 is 9.50 Å². The van der Waals surface area contributed by atoms with Crippen LogP contribution in [0.2, 0.25) is 0 Å². The molecule has 4 heteroatoms. The zero-order chi connectivity index (χ0) is 18.4. The number of hydrogen-bond acceptors (Lipinski definition) is 3. The molecule has 0 amide bonds. The Bertz CT molecular complexity index is 706. The summed E-state index contributed by atoms with van der Waals surface area (Å²) in [7, 11) is 2.14. The number of phenolic OH excluding ortho intramolecular Hbond substituents is 1. The molecule has 3 rings (SSSR count). The average molecular weight is 356 g/mol. The summed E-state index contributed by atoms with van der Waals surface area (Å²) in [4.78, 5) is 4.81. The maximum atomic E-state index is 13.8. The van der Waals surface area contributed by atoms with Gasteiger partial charge in [0.2, 0.25) is 0 Å². The standard InChI is InChI=1S/C22H29FN2O/c1-24(15-18-6-4-9-21(26)14-18)16-19-7-5-12-25(17-19)13-11-20-8-2-3-10-22(20)23/h2-4,6,8-10,14,19,26H,5,7,11-13,15-17H2,1H3/t19-/m0/s1. The summed E-state index contributed by atoms with van der Waals surface area (Å²) < 4.78 is 13.8. The van der Waals surface area contributed by atoms with Crippen molar-refractivity contribution in [2.75, 3.05) is 33.2 Å². The minimum Gasteiger partial charge on any atom is -0.508 e. The van der Waals surface area contributed by atoms with E-state index in [-0.39, 0.29) is 5.82 Å². The van der Waals surface area contributed by atoms with E-state index in [1.54, 1.807) is 18.2 Å². The monoisotopic (exact) mass is 356 g/mol. The molecule has 0 saturated carbocycles. The summed E-state index contributed by atoms with van der Waals surface area (Å²) in [5, 5.41) is 9.60. The number of aromatic hydroxyl groups is 1. The Morgan fingerprint density at radius 1 is 1.19 bits per heavy atom. The van der Waals surface area contributed by atoms with Crippen molar-refractivity contribution in [3.05, 3.63) is 65.5 Å². The second-order valence-corrected chi connectivity index (χ2v) is 7.52. The number of rotatable bonds is 7. The first-order valence-corrected chi connectivity index (χ1v) is 9.52. The molecule has 1 saturated heterocycles. The van der Waals surface area contributed by atoms with Crippen LogP contribution in [0, 0.1) is 11.7 Å². The molecule has 1 fully saturated rings. The number of piperidine rings is 1. The lowest BCUT2D eigenvalue weighted by Crippen LogP contribution is -2.40. The number of likely N-dealkylation sites (tertiary alicyclic amines) is 1. The molecule has 1 heterocycles. The molecule has 0 aliphatic carbocycles. The lowest BCUT2D eigenvalue weighted by molar-refractivity contribution is 0.142. The number of hydrogen-bond donors (Lipinski definition) is 1. The Hall–Kier alpha value is -1.91. The summed E-state index contributed by atoms with van der Waals surface area (Å²) >= 11 is 0. The highest BCUT2D eigenvalue weighted by Gasteiger charge is 2.21. The fourth-order valence-corrected chi connectivity index (χ4v) is 3.95. The van der Waals surface area contributed by atoms with Crippen molar-refractivity contribution in [2.45, 2.75) is 25.8 Å². The summed E-state index contributed by atoms with van der Waals surface area (Å²) in [6, 6.07) is 14.6. The van der Waals surface area contributed by atoms with Crippen LogP contribution in [0.4, 0.5) is 4.39 Å². The second kappa shape index (κ2) is 9.15. The van der Waals surface area contributed by atoms with Crippen LogP contribution in [0.1, 0.15) is 24.0 Å². The highest BCUT2D eigenvalue weighted by Crippen LogP contribution is 2.20. The Labute approximate surface area is 156 Å². The molecule has 26 heavy (non-hydrogen) atoms. The van der Waals surface area contributed by atoms with Crippen LogP contribution in [0.15, 0.2) is 48.5 Å². The maximum absolute atomic E-state index is 13.8. The Kier molecular flexibility index (Phi) is 6.64. The largest absolute Gasteiger partial charge is 0.508 e. The van der Waals surface area contributed by atoms with Gasteiger partial charge in [0.1, 0.15) is 11.6 Å². The molecular formula is C22H29FN2O. The van der Waals surface area contributed by atoms with Gasteiger partial charge in [0.05, 0.1) is 0 Å². The summed E-state index contributed by atoms with van der Waals surface area (Å²) in [6.07, 6.45) is 3.24. The van der Waals surface area contributed by atoms with Gasteiger partial charge in [-0.2, -0.15) is 0 Å². The first kappa shape index (κ1) is 18.9. The van der Waals surface area contributed by atoms with Gasteiger partial charge in [0.15, 0.2) is 0 Å². The van der Waals surface area contributed by atoms with Crippen molar-refractivity contribution in [2.24, 2.45) is 5.92 Å². The molecule has 0 bridgehead atoms. The molecule has 1 aliphatic rings. The summed E-state index contributed by atoms with van der Waals surface area (Å²) in [6.45, 7) is 5.01. The Morgan fingerprint density at radius 2 is 2.04 bits per heavy atom. The van der Waals surface area contributed by atoms with Gasteiger partial charge in [-0.05, 0) is 68.1 Å². The number of nitrogens with zero attached hydrogens (tertiary/aromatic N) is 2. The third kappa shape index (κ3) is 5.55. The molecule has 140 valence electrons. The van der Waals surface area contributed by atoms with Gasteiger partial charge >= 0.3 is 0 Å². The lowest BCUT2D eigenvalue weighted by Gasteiger charge is -2.34. The minimum atomic E-state index is -0.0908. The highest BCUT2D eigenvalue weighted by molar-refractivity contribution is 5.27. The van der Waals surface area contributed by atoms with Crippen molar-refractivity contribution >= 4 is 0 Å². The van der Waals surface area contributed by atoms with Gasteiger partial charge in [-0.25, -0.2) is 4.39 Å². The van der Waals surface area contributed by atoms with Gasteiger partial charge < -0.3 is 14.9 Å². The van der Waals surface area contributed by atoms with Gasteiger partial charge in [-0.3, -0.25) is 0 Å². The molecule has 0 aromatic heterocycles.